The van der Waals surface area contributed by atoms with E-state index in [1.54, 1.807) is 20.3 Å². The summed E-state index contributed by atoms with van der Waals surface area (Å²) >= 11 is 6.21. The van der Waals surface area contributed by atoms with E-state index in [4.69, 9.17) is 37.0 Å². The molecule has 9 heteroatoms. The van der Waals surface area contributed by atoms with Gasteiger partial charge in [-0.25, -0.2) is 4.98 Å². The minimum absolute atomic E-state index is 0. The lowest BCUT2D eigenvalue weighted by molar-refractivity contribution is 0.132. The second-order valence-electron chi connectivity index (χ2n) is 6.64. The molecule has 0 saturated carbocycles. The van der Waals surface area contributed by atoms with Crippen molar-refractivity contribution in [2.24, 2.45) is 0 Å². The van der Waals surface area contributed by atoms with Gasteiger partial charge < -0.3 is 29.7 Å². The third kappa shape index (κ3) is 6.22. The van der Waals surface area contributed by atoms with E-state index in [-0.39, 0.29) is 10.8 Å². The lowest BCUT2D eigenvalue weighted by atomic mass is 10.1. The molecule has 0 amide bonds. The Morgan fingerprint density at radius 2 is 1.62 bits per heavy atom. The zero-order valence-corrected chi connectivity index (χ0v) is 19.0. The maximum absolute atomic E-state index is 6.21. The molecule has 3 rings (SSSR count). The van der Waals surface area contributed by atoms with Crippen molar-refractivity contribution in [3.63, 3.8) is 0 Å². The van der Waals surface area contributed by atoms with Crippen LogP contribution in [-0.2, 0) is 9.47 Å². The zero-order chi connectivity index (χ0) is 22.2. The number of methoxy groups -OCH3 is 2. The molecule has 0 radical (unpaired) electrons. The van der Waals surface area contributed by atoms with Crippen molar-refractivity contribution in [2.45, 2.75) is 6.92 Å². The van der Waals surface area contributed by atoms with E-state index in [2.05, 4.69) is 21.2 Å². The SMILES string of the molecule is C#Cc1ccc(C)c(Nc2nc(Cl)nc3cc(OCCOC)c(OCCOC)cc23)c1.O. The molecule has 3 aromatic rings. The van der Waals surface area contributed by atoms with Gasteiger partial charge in [-0.05, 0) is 42.3 Å². The number of nitrogens with zero attached hydrogens (tertiary/aromatic N) is 2. The Balaban J connectivity index is 0.00000363. The summed E-state index contributed by atoms with van der Waals surface area (Å²) in [5.74, 6) is 4.25. The third-order valence-corrected chi connectivity index (χ3v) is 4.65. The van der Waals surface area contributed by atoms with Gasteiger partial charge in [0.1, 0.15) is 19.0 Å². The largest absolute Gasteiger partial charge is 0.487 e. The standard InChI is InChI=1S/C23H24ClN3O4.H2O/c1-5-16-7-6-15(2)18(12-16)25-22-17-13-20(30-10-8-28-3)21(31-11-9-29-4)14-19(17)26-23(24)27-22;/h1,6-7,12-14H,8-11H2,2-4H3,(H,25,26,27);1H2. The van der Waals surface area contributed by atoms with Crippen LogP contribution >= 0.6 is 11.6 Å². The van der Waals surface area contributed by atoms with Crippen LogP contribution in [0.15, 0.2) is 30.3 Å². The highest BCUT2D eigenvalue weighted by Gasteiger charge is 2.15. The van der Waals surface area contributed by atoms with E-state index in [1.807, 2.05) is 31.2 Å². The lowest BCUT2D eigenvalue weighted by Crippen LogP contribution is -2.09. The van der Waals surface area contributed by atoms with Crippen LogP contribution in [0.2, 0.25) is 5.28 Å². The Labute approximate surface area is 192 Å². The van der Waals surface area contributed by atoms with Crippen LogP contribution in [0.1, 0.15) is 11.1 Å². The molecule has 1 heterocycles. The van der Waals surface area contributed by atoms with Crippen LogP contribution in [0.4, 0.5) is 11.5 Å². The van der Waals surface area contributed by atoms with Crippen LogP contribution in [0, 0.1) is 19.3 Å². The molecule has 0 aliphatic heterocycles. The third-order valence-electron chi connectivity index (χ3n) is 4.48. The monoisotopic (exact) mass is 459 g/mol. The molecule has 0 atom stereocenters. The minimum Gasteiger partial charge on any atom is -0.487 e. The number of benzene rings is 2. The molecule has 2 aromatic carbocycles. The van der Waals surface area contributed by atoms with Gasteiger partial charge in [0.15, 0.2) is 11.5 Å². The highest BCUT2D eigenvalue weighted by molar-refractivity contribution is 6.28. The van der Waals surface area contributed by atoms with Gasteiger partial charge in [0, 0.05) is 36.9 Å². The number of terminal acetylenes is 1. The molecule has 0 aliphatic rings. The van der Waals surface area contributed by atoms with E-state index >= 15 is 0 Å². The molecule has 0 saturated heterocycles. The molecule has 0 bridgehead atoms. The van der Waals surface area contributed by atoms with Gasteiger partial charge in [-0.1, -0.05) is 12.0 Å². The van der Waals surface area contributed by atoms with Crippen molar-refractivity contribution in [1.29, 1.82) is 0 Å². The number of hydrogen-bond donors (Lipinski definition) is 1. The van der Waals surface area contributed by atoms with Crippen LogP contribution in [0.25, 0.3) is 10.9 Å². The first-order chi connectivity index (χ1) is 15.0. The van der Waals surface area contributed by atoms with Gasteiger partial charge in [-0.3, -0.25) is 0 Å². The fraction of sp³-hybridized carbons (Fsp3) is 0.304. The van der Waals surface area contributed by atoms with Crippen molar-refractivity contribution in [3.8, 4) is 23.8 Å². The highest BCUT2D eigenvalue weighted by Crippen LogP contribution is 2.36. The van der Waals surface area contributed by atoms with Crippen molar-refractivity contribution >= 4 is 34.0 Å². The van der Waals surface area contributed by atoms with Gasteiger partial charge in [-0.15, -0.1) is 6.42 Å². The number of aromatic nitrogens is 2. The molecule has 0 unspecified atom stereocenters. The van der Waals surface area contributed by atoms with Gasteiger partial charge >= 0.3 is 0 Å². The molecule has 0 aliphatic carbocycles. The summed E-state index contributed by atoms with van der Waals surface area (Å²) in [6.07, 6.45) is 5.55. The fourth-order valence-corrected chi connectivity index (χ4v) is 3.05. The molecular weight excluding hydrogens is 434 g/mol. The Bertz CT molecular complexity index is 1100. The quantitative estimate of drug-likeness (QED) is 0.280. The maximum atomic E-state index is 6.21. The maximum Gasteiger partial charge on any atom is 0.224 e. The van der Waals surface area contributed by atoms with E-state index in [0.717, 1.165) is 22.2 Å². The zero-order valence-electron chi connectivity index (χ0n) is 18.2. The van der Waals surface area contributed by atoms with Crippen molar-refractivity contribution < 1.29 is 24.4 Å². The van der Waals surface area contributed by atoms with Crippen molar-refractivity contribution in [3.05, 3.63) is 46.7 Å². The van der Waals surface area contributed by atoms with Gasteiger partial charge in [0.2, 0.25) is 5.28 Å². The number of hydrogen-bond acceptors (Lipinski definition) is 7. The summed E-state index contributed by atoms with van der Waals surface area (Å²) in [6.45, 7) is 3.59. The van der Waals surface area contributed by atoms with Crippen molar-refractivity contribution in [1.82, 2.24) is 9.97 Å². The summed E-state index contributed by atoms with van der Waals surface area (Å²) in [5.41, 5.74) is 3.21. The van der Waals surface area contributed by atoms with Gasteiger partial charge in [0.25, 0.3) is 0 Å². The summed E-state index contributed by atoms with van der Waals surface area (Å²) in [6, 6.07) is 9.32. The van der Waals surface area contributed by atoms with Crippen LogP contribution in [0.3, 0.4) is 0 Å². The summed E-state index contributed by atoms with van der Waals surface area (Å²) in [4.78, 5) is 8.74. The predicted molar refractivity (Wildman–Crippen MR) is 125 cm³/mol. The average Bonchev–Trinajstić information content (AvgIpc) is 2.76. The van der Waals surface area contributed by atoms with E-state index in [1.165, 1.54) is 0 Å². The number of halogens is 1. The average molecular weight is 460 g/mol. The number of fused-ring (bicyclic) bond motifs is 1. The van der Waals surface area contributed by atoms with E-state index < -0.39 is 0 Å². The number of anilines is 2. The van der Waals surface area contributed by atoms with E-state index in [0.29, 0.717) is 49.3 Å². The van der Waals surface area contributed by atoms with Crippen LogP contribution in [-0.4, -0.2) is 56.1 Å². The number of ether oxygens (including phenoxy) is 4. The number of rotatable bonds is 10. The fourth-order valence-electron chi connectivity index (χ4n) is 2.87. The van der Waals surface area contributed by atoms with Gasteiger partial charge in [0.05, 0.1) is 18.7 Å². The molecule has 1 aromatic heterocycles. The second kappa shape index (κ2) is 12.1. The Hall–Kier alpha value is -3.09. The molecule has 0 fully saturated rings. The second-order valence-corrected chi connectivity index (χ2v) is 6.98. The minimum atomic E-state index is 0. The molecule has 8 nitrogen and oxygen atoms in total. The Kier molecular flexibility index (Phi) is 9.50. The topological polar surface area (TPSA) is 106 Å². The first-order valence-electron chi connectivity index (χ1n) is 9.64. The first kappa shape index (κ1) is 25.2. The van der Waals surface area contributed by atoms with Gasteiger partial charge in [-0.2, -0.15) is 4.98 Å². The Morgan fingerprint density at radius 1 is 0.969 bits per heavy atom. The summed E-state index contributed by atoms with van der Waals surface area (Å²) in [7, 11) is 3.23. The molecule has 3 N–H and O–H groups in total. The van der Waals surface area contributed by atoms with Crippen LogP contribution < -0.4 is 14.8 Å². The normalized spacial score (nSPS) is 10.3. The smallest absolute Gasteiger partial charge is 0.224 e. The van der Waals surface area contributed by atoms with Crippen molar-refractivity contribution in [2.75, 3.05) is 46.0 Å². The molecule has 32 heavy (non-hydrogen) atoms. The number of aryl methyl sites for hydroxylation is 1. The molecular formula is C23H26ClN3O5. The predicted octanol–water partition coefficient (Wildman–Crippen LogP) is 3.54. The van der Waals surface area contributed by atoms with E-state index in [9.17, 15) is 0 Å². The molecule has 170 valence electrons. The van der Waals surface area contributed by atoms with Crippen LogP contribution in [0.5, 0.6) is 11.5 Å². The highest BCUT2D eigenvalue weighted by atomic mass is 35.5. The number of nitrogens with one attached hydrogen (secondary N) is 1. The first-order valence-corrected chi connectivity index (χ1v) is 10.0. The lowest BCUT2D eigenvalue weighted by Gasteiger charge is -2.16. The molecule has 0 spiro atoms. The summed E-state index contributed by atoms with van der Waals surface area (Å²) in [5, 5.41) is 4.16. The summed E-state index contributed by atoms with van der Waals surface area (Å²) < 4.78 is 21.9. The Morgan fingerprint density at radius 3 is 2.25 bits per heavy atom.